The summed E-state index contributed by atoms with van der Waals surface area (Å²) in [5.41, 5.74) is 3.63. The van der Waals surface area contributed by atoms with Crippen LogP contribution in [0.2, 0.25) is 5.02 Å². The Morgan fingerprint density at radius 2 is 1.73 bits per heavy atom. The number of imidazole rings is 1. The molecule has 220 valence electrons. The van der Waals surface area contributed by atoms with Gasteiger partial charge in [-0.2, -0.15) is 0 Å². The summed E-state index contributed by atoms with van der Waals surface area (Å²) >= 11 is 5.99. The van der Waals surface area contributed by atoms with E-state index in [-0.39, 0.29) is 43.9 Å². The number of benzene rings is 3. The Hall–Kier alpha value is -3.17. The number of carbonyl (C=O) groups is 1. The van der Waals surface area contributed by atoms with Gasteiger partial charge in [-0.3, -0.25) is 4.79 Å². The van der Waals surface area contributed by atoms with Crippen molar-refractivity contribution in [3.8, 4) is 17.2 Å². The zero-order chi connectivity index (χ0) is 27.2. The van der Waals surface area contributed by atoms with Crippen LogP contribution in [0.3, 0.4) is 0 Å². The summed E-state index contributed by atoms with van der Waals surface area (Å²) in [5, 5.41) is 13.2. The average Bonchev–Trinajstić information content (AvgIpc) is 3.26. The van der Waals surface area contributed by atoms with Gasteiger partial charge < -0.3 is 29.2 Å². The van der Waals surface area contributed by atoms with Crippen LogP contribution in [0, 0.1) is 0 Å². The Kier molecular flexibility index (Phi) is 12.0. The van der Waals surface area contributed by atoms with E-state index in [1.807, 2.05) is 66.2 Å². The van der Waals surface area contributed by atoms with E-state index in [1.54, 1.807) is 6.07 Å². The lowest BCUT2D eigenvalue weighted by molar-refractivity contribution is -0.136. The first-order valence-corrected chi connectivity index (χ1v) is 13.5. The van der Waals surface area contributed by atoms with Crippen LogP contribution in [-0.4, -0.2) is 39.8 Å². The van der Waals surface area contributed by atoms with Crippen LogP contribution >= 0.6 is 36.4 Å². The van der Waals surface area contributed by atoms with E-state index in [4.69, 9.17) is 35.9 Å². The van der Waals surface area contributed by atoms with Crippen molar-refractivity contribution in [3.63, 3.8) is 0 Å². The molecule has 0 radical (unpaired) electrons. The lowest BCUT2D eigenvalue weighted by Gasteiger charge is -2.23. The quantitative estimate of drug-likeness (QED) is 0.201. The molecule has 0 atom stereocenters. The molecular weight excluding hydrogens is 589 g/mol. The monoisotopic (exact) mass is 621 g/mol. The second-order valence-corrected chi connectivity index (χ2v) is 10.1. The highest BCUT2D eigenvalue weighted by Crippen LogP contribution is 2.29. The van der Waals surface area contributed by atoms with E-state index < -0.39 is 5.97 Å². The molecule has 1 fully saturated rings. The number of halogens is 3. The van der Waals surface area contributed by atoms with Gasteiger partial charge in [-0.05, 0) is 73.8 Å². The molecule has 0 aliphatic carbocycles. The van der Waals surface area contributed by atoms with E-state index in [9.17, 15) is 4.79 Å². The molecule has 0 amide bonds. The van der Waals surface area contributed by atoms with Crippen LogP contribution in [-0.2, 0) is 31.5 Å². The summed E-state index contributed by atoms with van der Waals surface area (Å²) in [6.45, 7) is 2.55. The zero-order valence-electron chi connectivity index (χ0n) is 22.7. The highest BCUT2D eigenvalue weighted by Gasteiger charge is 2.16. The zero-order valence-corrected chi connectivity index (χ0v) is 25.1. The molecule has 5 rings (SSSR count). The molecule has 0 spiro atoms. The van der Waals surface area contributed by atoms with Crippen molar-refractivity contribution in [2.24, 2.45) is 7.05 Å². The summed E-state index contributed by atoms with van der Waals surface area (Å²) < 4.78 is 20.4. The molecule has 2 heterocycles. The number of carboxylic acids is 1. The fraction of sp³-hybridized carbons (Fsp3) is 0.333. The van der Waals surface area contributed by atoms with Crippen molar-refractivity contribution in [3.05, 3.63) is 82.6 Å². The number of piperidine rings is 1. The number of aromatic nitrogens is 2. The van der Waals surface area contributed by atoms with Crippen LogP contribution in [0.4, 0.5) is 0 Å². The van der Waals surface area contributed by atoms with Crippen LogP contribution in [0.5, 0.6) is 17.2 Å². The third kappa shape index (κ3) is 8.66. The number of hydrogen-bond acceptors (Lipinski definition) is 6. The fourth-order valence-corrected chi connectivity index (χ4v) is 4.75. The first kappa shape index (κ1) is 32.3. The molecule has 1 aromatic heterocycles. The van der Waals surface area contributed by atoms with Gasteiger partial charge in [0.15, 0.2) is 0 Å². The number of fused-ring (bicyclic) bond motifs is 1. The van der Waals surface area contributed by atoms with E-state index in [0.717, 1.165) is 59.7 Å². The smallest absolute Gasteiger partial charge is 0.303 e. The normalized spacial score (nSPS) is 13.2. The summed E-state index contributed by atoms with van der Waals surface area (Å²) in [6, 6.07) is 18.9. The molecule has 8 nitrogen and oxygen atoms in total. The van der Waals surface area contributed by atoms with Crippen molar-refractivity contribution in [1.29, 1.82) is 0 Å². The fourth-order valence-electron chi connectivity index (χ4n) is 4.62. The Morgan fingerprint density at radius 3 is 2.46 bits per heavy atom. The van der Waals surface area contributed by atoms with Gasteiger partial charge in [0.2, 0.25) is 0 Å². The van der Waals surface area contributed by atoms with Gasteiger partial charge in [0.05, 0.1) is 11.0 Å². The SMILES string of the molecule is Cl.Cl.Cn1c(COc2ccc(CCC(=O)O)c(OCc3ccc(Cl)cc3)c2)nc2ccc(OC3CCNCC3)cc21. The van der Waals surface area contributed by atoms with Crippen molar-refractivity contribution in [1.82, 2.24) is 14.9 Å². The highest BCUT2D eigenvalue weighted by atomic mass is 35.5. The van der Waals surface area contributed by atoms with E-state index in [0.29, 0.717) is 29.5 Å². The molecule has 1 saturated heterocycles. The number of ether oxygens (including phenoxy) is 3. The van der Waals surface area contributed by atoms with Crippen LogP contribution in [0.1, 0.15) is 36.2 Å². The van der Waals surface area contributed by atoms with Crippen LogP contribution in [0.25, 0.3) is 11.0 Å². The summed E-state index contributed by atoms with van der Waals surface area (Å²) in [7, 11) is 1.97. The number of hydrogen-bond donors (Lipinski definition) is 2. The van der Waals surface area contributed by atoms with Crippen molar-refractivity contribution < 1.29 is 24.1 Å². The topological polar surface area (TPSA) is 94.8 Å². The van der Waals surface area contributed by atoms with E-state index in [1.165, 1.54) is 0 Å². The number of nitrogens with one attached hydrogen (secondary N) is 1. The van der Waals surface area contributed by atoms with Gasteiger partial charge >= 0.3 is 5.97 Å². The molecule has 0 bridgehead atoms. The molecule has 11 heteroatoms. The predicted octanol–water partition coefficient (Wildman–Crippen LogP) is 6.38. The lowest BCUT2D eigenvalue weighted by Crippen LogP contribution is -2.34. The lowest BCUT2D eigenvalue weighted by atomic mass is 10.1. The first-order valence-electron chi connectivity index (χ1n) is 13.1. The van der Waals surface area contributed by atoms with Gasteiger partial charge in [0, 0.05) is 30.6 Å². The summed E-state index contributed by atoms with van der Waals surface area (Å²) in [6.07, 6.45) is 2.61. The molecule has 4 aromatic rings. The van der Waals surface area contributed by atoms with Gasteiger partial charge in [-0.25, -0.2) is 4.98 Å². The Labute approximate surface area is 256 Å². The summed E-state index contributed by atoms with van der Waals surface area (Å²) in [4.78, 5) is 15.9. The minimum absolute atomic E-state index is 0. The molecule has 0 saturated carbocycles. The van der Waals surface area contributed by atoms with Gasteiger partial charge in [-0.15, -0.1) is 24.8 Å². The van der Waals surface area contributed by atoms with Crippen LogP contribution < -0.4 is 19.5 Å². The average molecular weight is 623 g/mol. The second-order valence-electron chi connectivity index (χ2n) is 9.67. The number of aliphatic carboxylic acids is 1. The Morgan fingerprint density at radius 1 is 1.00 bits per heavy atom. The standard InChI is InChI=1S/C30H32ClN3O5.2ClH/c1-34-27-16-25(39-23-12-14-32-15-13-23)9-10-26(27)33-29(34)19-37-24-8-4-21(5-11-30(35)36)28(17-24)38-18-20-2-6-22(31)7-3-20;;/h2-4,6-10,16-17,23,32H,5,11-15,18-19H2,1H3,(H,35,36);2*1H. The van der Waals surface area contributed by atoms with E-state index in [2.05, 4.69) is 5.32 Å². The van der Waals surface area contributed by atoms with Gasteiger partial charge in [0.1, 0.15) is 42.4 Å². The molecular formula is C30H34Cl3N3O5. The Balaban J connectivity index is 0.00000231. The van der Waals surface area contributed by atoms with Crippen LogP contribution in [0.15, 0.2) is 60.7 Å². The number of nitrogens with zero attached hydrogens (tertiary/aromatic N) is 2. The minimum Gasteiger partial charge on any atom is -0.490 e. The largest absolute Gasteiger partial charge is 0.490 e. The number of aryl methyl sites for hydroxylation is 2. The first-order chi connectivity index (χ1) is 18.9. The van der Waals surface area contributed by atoms with Gasteiger partial charge in [0.25, 0.3) is 0 Å². The maximum atomic E-state index is 11.2. The predicted molar refractivity (Wildman–Crippen MR) is 164 cm³/mol. The molecule has 3 aromatic carbocycles. The Bertz CT molecular complexity index is 1440. The van der Waals surface area contributed by atoms with E-state index >= 15 is 0 Å². The maximum Gasteiger partial charge on any atom is 0.303 e. The molecule has 41 heavy (non-hydrogen) atoms. The number of carboxylic acid groups (broad SMARTS) is 1. The van der Waals surface area contributed by atoms with Gasteiger partial charge in [-0.1, -0.05) is 29.8 Å². The van der Waals surface area contributed by atoms with Crippen molar-refractivity contribution >= 4 is 53.4 Å². The molecule has 2 N–H and O–H groups in total. The third-order valence-electron chi connectivity index (χ3n) is 6.86. The maximum absolute atomic E-state index is 11.2. The molecule has 1 aliphatic rings. The third-order valence-corrected chi connectivity index (χ3v) is 7.11. The van der Waals surface area contributed by atoms with Crippen molar-refractivity contribution in [2.75, 3.05) is 13.1 Å². The molecule has 0 unspecified atom stereocenters. The van der Waals surface area contributed by atoms with Crippen molar-refractivity contribution in [2.45, 2.75) is 45.0 Å². The highest BCUT2D eigenvalue weighted by molar-refractivity contribution is 6.30. The summed E-state index contributed by atoms with van der Waals surface area (Å²) in [5.74, 6) is 1.98. The second kappa shape index (κ2) is 15.2. The number of rotatable bonds is 11. The molecule has 1 aliphatic heterocycles. The minimum atomic E-state index is -0.856.